The fourth-order valence-electron chi connectivity index (χ4n) is 1.75. The summed E-state index contributed by atoms with van der Waals surface area (Å²) in [7, 11) is 2.03. The van der Waals surface area contributed by atoms with Crippen LogP contribution in [-0.4, -0.2) is 16.5 Å². The Morgan fingerprint density at radius 1 is 1.39 bits per heavy atom. The number of nitrogens with zero attached hydrogens (tertiary/aromatic N) is 1. The predicted octanol–water partition coefficient (Wildman–Crippen LogP) is 2.75. The molecule has 18 heavy (non-hydrogen) atoms. The lowest BCUT2D eigenvalue weighted by molar-refractivity contribution is -0.132. The highest BCUT2D eigenvalue weighted by molar-refractivity contribution is 5.82. The second-order valence-electron chi connectivity index (χ2n) is 6.07. The van der Waals surface area contributed by atoms with E-state index in [-0.39, 0.29) is 17.4 Å². The zero-order chi connectivity index (χ0) is 13.9. The number of amides is 1. The number of hydrogen-bond donors (Lipinski definition) is 1. The van der Waals surface area contributed by atoms with Crippen LogP contribution in [-0.2, 0) is 18.3 Å². The van der Waals surface area contributed by atoms with Gasteiger partial charge in [0.05, 0.1) is 0 Å². The first kappa shape index (κ1) is 14.8. The van der Waals surface area contributed by atoms with Crippen LogP contribution in [0.15, 0.2) is 18.3 Å². The first-order valence-corrected chi connectivity index (χ1v) is 6.66. The molecule has 0 bridgehead atoms. The zero-order valence-electron chi connectivity index (χ0n) is 12.4. The van der Waals surface area contributed by atoms with Crippen LogP contribution < -0.4 is 5.32 Å². The topological polar surface area (TPSA) is 34.0 Å². The summed E-state index contributed by atoms with van der Waals surface area (Å²) in [5.74, 6) is 0.471. The Morgan fingerprint density at radius 3 is 2.44 bits per heavy atom. The van der Waals surface area contributed by atoms with Gasteiger partial charge in [0.2, 0.25) is 5.91 Å². The predicted molar refractivity (Wildman–Crippen MR) is 75.3 cm³/mol. The summed E-state index contributed by atoms with van der Waals surface area (Å²) in [4.78, 5) is 12.2. The molecule has 0 radical (unpaired) electrons. The molecule has 0 saturated heterocycles. The maximum Gasteiger partial charge on any atom is 0.226 e. The monoisotopic (exact) mass is 250 g/mol. The molecule has 0 fully saturated rings. The minimum Gasteiger partial charge on any atom is -0.354 e. The van der Waals surface area contributed by atoms with E-state index in [2.05, 4.69) is 36.7 Å². The maximum atomic E-state index is 12.2. The van der Waals surface area contributed by atoms with Gasteiger partial charge in [-0.2, -0.15) is 0 Å². The van der Waals surface area contributed by atoms with Crippen molar-refractivity contribution in [2.45, 2.75) is 47.1 Å². The summed E-state index contributed by atoms with van der Waals surface area (Å²) < 4.78 is 2.09. The third-order valence-electron chi connectivity index (χ3n) is 3.97. The molecule has 1 aromatic rings. The van der Waals surface area contributed by atoms with Gasteiger partial charge in [0.25, 0.3) is 0 Å². The highest BCUT2D eigenvalue weighted by Gasteiger charge is 2.31. The molecule has 3 heteroatoms. The van der Waals surface area contributed by atoms with E-state index in [0.717, 1.165) is 6.42 Å². The molecule has 1 rings (SSSR count). The molecule has 102 valence electrons. The minimum absolute atomic E-state index is 0.138. The van der Waals surface area contributed by atoms with E-state index < -0.39 is 0 Å². The Bertz CT molecular complexity index is 404. The summed E-state index contributed by atoms with van der Waals surface area (Å²) in [5, 5.41) is 3.11. The summed E-state index contributed by atoms with van der Waals surface area (Å²) in [5.41, 5.74) is 0.924. The van der Waals surface area contributed by atoms with E-state index in [9.17, 15) is 4.79 Å². The Kier molecular flexibility index (Phi) is 4.60. The number of carbonyl (C=O) groups is 1. The SMILES string of the molecule is CC(Cc1cccn1C)NC(=O)C(C)(C)C(C)C. The summed E-state index contributed by atoms with van der Waals surface area (Å²) >= 11 is 0. The Hall–Kier alpha value is -1.25. The van der Waals surface area contributed by atoms with Crippen LogP contribution in [0.5, 0.6) is 0 Å². The van der Waals surface area contributed by atoms with E-state index in [4.69, 9.17) is 0 Å². The van der Waals surface area contributed by atoms with Crippen LogP contribution in [0.4, 0.5) is 0 Å². The van der Waals surface area contributed by atoms with Crippen LogP contribution in [0.3, 0.4) is 0 Å². The molecule has 1 atom stereocenters. The average Bonchev–Trinajstić information content (AvgIpc) is 2.63. The van der Waals surface area contributed by atoms with Crippen molar-refractivity contribution in [1.82, 2.24) is 9.88 Å². The van der Waals surface area contributed by atoms with Crippen LogP contribution >= 0.6 is 0 Å². The van der Waals surface area contributed by atoms with Crippen molar-refractivity contribution in [3.8, 4) is 0 Å². The number of rotatable bonds is 5. The van der Waals surface area contributed by atoms with Gasteiger partial charge in [-0.25, -0.2) is 0 Å². The van der Waals surface area contributed by atoms with Gasteiger partial charge in [-0.15, -0.1) is 0 Å². The largest absolute Gasteiger partial charge is 0.354 e. The van der Waals surface area contributed by atoms with E-state index in [0.29, 0.717) is 5.92 Å². The second kappa shape index (κ2) is 5.59. The van der Waals surface area contributed by atoms with Gasteiger partial charge in [0.15, 0.2) is 0 Å². The minimum atomic E-state index is -0.317. The van der Waals surface area contributed by atoms with Crippen molar-refractivity contribution in [1.29, 1.82) is 0 Å². The lowest BCUT2D eigenvalue weighted by Gasteiger charge is -2.29. The van der Waals surface area contributed by atoms with Crippen LogP contribution in [0, 0.1) is 11.3 Å². The van der Waals surface area contributed by atoms with E-state index in [1.165, 1.54) is 5.69 Å². The Balaban J connectivity index is 2.58. The molecular formula is C15H26N2O. The Labute approximate surface area is 111 Å². The average molecular weight is 250 g/mol. The molecular weight excluding hydrogens is 224 g/mol. The number of nitrogens with one attached hydrogen (secondary N) is 1. The van der Waals surface area contributed by atoms with Gasteiger partial charge < -0.3 is 9.88 Å². The van der Waals surface area contributed by atoms with Crippen LogP contribution in [0.1, 0.15) is 40.3 Å². The molecule has 1 amide bonds. The number of carbonyl (C=O) groups excluding carboxylic acids is 1. The van der Waals surface area contributed by atoms with Gasteiger partial charge >= 0.3 is 0 Å². The van der Waals surface area contributed by atoms with Gasteiger partial charge in [-0.05, 0) is 25.0 Å². The molecule has 1 N–H and O–H groups in total. The Morgan fingerprint density at radius 2 is 2.00 bits per heavy atom. The van der Waals surface area contributed by atoms with E-state index >= 15 is 0 Å². The lowest BCUT2D eigenvalue weighted by Crippen LogP contribution is -2.45. The lowest BCUT2D eigenvalue weighted by atomic mass is 9.80. The third-order valence-corrected chi connectivity index (χ3v) is 3.97. The highest BCUT2D eigenvalue weighted by Crippen LogP contribution is 2.26. The van der Waals surface area contributed by atoms with Crippen molar-refractivity contribution in [3.63, 3.8) is 0 Å². The molecule has 0 spiro atoms. The van der Waals surface area contributed by atoms with E-state index in [1.54, 1.807) is 0 Å². The highest BCUT2D eigenvalue weighted by atomic mass is 16.2. The first-order chi connectivity index (χ1) is 8.25. The van der Waals surface area contributed by atoms with Crippen molar-refractivity contribution < 1.29 is 4.79 Å². The molecule has 3 nitrogen and oxygen atoms in total. The van der Waals surface area contributed by atoms with Crippen LogP contribution in [0.25, 0.3) is 0 Å². The second-order valence-corrected chi connectivity index (χ2v) is 6.07. The molecule has 0 aromatic carbocycles. The number of aryl methyl sites for hydroxylation is 1. The van der Waals surface area contributed by atoms with Gasteiger partial charge in [-0.1, -0.05) is 27.7 Å². The van der Waals surface area contributed by atoms with E-state index in [1.807, 2.05) is 33.2 Å². The number of aromatic nitrogens is 1. The standard InChI is InChI=1S/C15H26N2O/c1-11(2)15(4,5)14(18)16-12(3)10-13-8-7-9-17(13)6/h7-9,11-12H,10H2,1-6H3,(H,16,18). The van der Waals surface area contributed by atoms with Gasteiger partial charge in [0.1, 0.15) is 0 Å². The summed E-state index contributed by atoms with van der Waals surface area (Å²) in [6.07, 6.45) is 2.89. The summed E-state index contributed by atoms with van der Waals surface area (Å²) in [6.45, 7) is 10.2. The molecule has 0 aliphatic rings. The smallest absolute Gasteiger partial charge is 0.226 e. The van der Waals surface area contributed by atoms with Crippen molar-refractivity contribution in [2.75, 3.05) is 0 Å². The van der Waals surface area contributed by atoms with Crippen molar-refractivity contribution >= 4 is 5.91 Å². The molecule has 0 saturated carbocycles. The van der Waals surface area contributed by atoms with Gasteiger partial charge in [0, 0.05) is 36.8 Å². The van der Waals surface area contributed by atoms with Crippen LogP contribution in [0.2, 0.25) is 0 Å². The third kappa shape index (κ3) is 3.37. The first-order valence-electron chi connectivity index (χ1n) is 6.66. The zero-order valence-corrected chi connectivity index (χ0v) is 12.4. The van der Waals surface area contributed by atoms with Crippen molar-refractivity contribution in [2.24, 2.45) is 18.4 Å². The molecule has 1 aromatic heterocycles. The fourth-order valence-corrected chi connectivity index (χ4v) is 1.75. The molecule has 1 unspecified atom stereocenters. The molecule has 1 heterocycles. The fraction of sp³-hybridized carbons (Fsp3) is 0.667. The summed E-state index contributed by atoms with van der Waals surface area (Å²) in [6, 6.07) is 4.28. The number of hydrogen-bond acceptors (Lipinski definition) is 1. The molecule has 0 aliphatic heterocycles. The quantitative estimate of drug-likeness (QED) is 0.856. The van der Waals surface area contributed by atoms with Crippen molar-refractivity contribution in [3.05, 3.63) is 24.0 Å². The maximum absolute atomic E-state index is 12.2. The normalized spacial score (nSPS) is 13.7. The van der Waals surface area contributed by atoms with Gasteiger partial charge in [-0.3, -0.25) is 4.79 Å². The molecule has 0 aliphatic carbocycles.